The molecule has 1 fully saturated rings. The highest BCUT2D eigenvalue weighted by Crippen LogP contribution is 2.29. The summed E-state index contributed by atoms with van der Waals surface area (Å²) >= 11 is 11.9. The van der Waals surface area contributed by atoms with E-state index >= 15 is 4.39 Å². The summed E-state index contributed by atoms with van der Waals surface area (Å²) in [6, 6.07) is 12.4. The SMILES string of the molecule is O=CN1CCC(n2c(=O)n(Cc3ccc(C(=O)Nc4ccc(Cl)c(Cl)c4)cc3)c(=O)c3cc(OC(CF)CF)c(F)cc32)CC1. The molecule has 1 aliphatic rings. The van der Waals surface area contributed by atoms with Crippen molar-refractivity contribution in [1.29, 1.82) is 0 Å². The van der Waals surface area contributed by atoms with Crippen molar-refractivity contribution in [3.63, 3.8) is 0 Å². The van der Waals surface area contributed by atoms with E-state index in [0.717, 1.165) is 16.7 Å². The van der Waals surface area contributed by atoms with Gasteiger partial charge in [0, 0.05) is 36.4 Å². The number of benzene rings is 3. The lowest BCUT2D eigenvalue weighted by Gasteiger charge is -2.31. The number of aromatic nitrogens is 2. The summed E-state index contributed by atoms with van der Waals surface area (Å²) in [5.74, 6) is -1.94. The van der Waals surface area contributed by atoms with Crippen LogP contribution in [0.3, 0.4) is 0 Å². The monoisotopic (exact) mass is 662 g/mol. The number of halogens is 5. The molecule has 0 unspecified atom stereocenters. The minimum Gasteiger partial charge on any atom is -0.482 e. The van der Waals surface area contributed by atoms with Crippen LogP contribution in [-0.4, -0.2) is 58.9 Å². The molecule has 3 aromatic carbocycles. The zero-order valence-corrected chi connectivity index (χ0v) is 25.2. The van der Waals surface area contributed by atoms with E-state index in [0.29, 0.717) is 54.2 Å². The maximum absolute atomic E-state index is 15.1. The number of hydrogen-bond acceptors (Lipinski definition) is 5. The van der Waals surface area contributed by atoms with Crippen LogP contribution in [0.25, 0.3) is 10.9 Å². The minimum atomic E-state index is -1.56. The molecule has 4 aromatic rings. The fourth-order valence-electron chi connectivity index (χ4n) is 5.22. The number of rotatable bonds is 10. The second-order valence-electron chi connectivity index (χ2n) is 10.5. The highest BCUT2D eigenvalue weighted by atomic mass is 35.5. The molecule has 14 heteroatoms. The molecule has 0 saturated carbocycles. The third kappa shape index (κ3) is 6.86. The molecule has 0 atom stereocenters. The molecule has 1 N–H and O–H groups in total. The fraction of sp³-hybridized carbons (Fsp3) is 0.290. The predicted molar refractivity (Wildman–Crippen MR) is 165 cm³/mol. The molecular weight excluding hydrogens is 636 g/mol. The Balaban J connectivity index is 1.51. The van der Waals surface area contributed by atoms with E-state index in [1.807, 2.05) is 0 Å². The summed E-state index contributed by atoms with van der Waals surface area (Å²) in [5.41, 5.74) is -0.221. The first-order valence-electron chi connectivity index (χ1n) is 13.9. The summed E-state index contributed by atoms with van der Waals surface area (Å²) in [5, 5.41) is 3.24. The Kier molecular flexibility index (Phi) is 9.83. The molecule has 2 heterocycles. The first-order chi connectivity index (χ1) is 21.6. The predicted octanol–water partition coefficient (Wildman–Crippen LogP) is 5.39. The smallest absolute Gasteiger partial charge is 0.332 e. The Morgan fingerprint density at radius 3 is 2.31 bits per heavy atom. The lowest BCUT2D eigenvalue weighted by Crippen LogP contribution is -2.44. The first-order valence-corrected chi connectivity index (χ1v) is 14.7. The quantitative estimate of drug-likeness (QED) is 0.230. The highest BCUT2D eigenvalue weighted by Gasteiger charge is 2.26. The van der Waals surface area contributed by atoms with Crippen LogP contribution in [-0.2, 0) is 11.3 Å². The summed E-state index contributed by atoms with van der Waals surface area (Å²) in [4.78, 5) is 53.1. The highest BCUT2D eigenvalue weighted by molar-refractivity contribution is 6.42. The number of hydrogen-bond donors (Lipinski definition) is 1. The number of nitrogens with zero attached hydrogens (tertiary/aromatic N) is 3. The van der Waals surface area contributed by atoms with E-state index in [1.165, 1.54) is 22.8 Å². The molecule has 0 aliphatic carbocycles. The number of carbonyl (C=O) groups excluding carboxylic acids is 2. The van der Waals surface area contributed by atoms with Crippen LogP contribution in [0.4, 0.5) is 18.9 Å². The van der Waals surface area contributed by atoms with Crippen LogP contribution < -0.4 is 21.3 Å². The molecule has 1 saturated heterocycles. The number of fused-ring (bicyclic) bond motifs is 1. The van der Waals surface area contributed by atoms with Crippen LogP contribution in [0.5, 0.6) is 5.75 Å². The Hall–Kier alpha value is -4.29. The van der Waals surface area contributed by atoms with Gasteiger partial charge in [-0.3, -0.25) is 23.5 Å². The number of nitrogens with one attached hydrogen (secondary N) is 1. The van der Waals surface area contributed by atoms with E-state index in [1.54, 1.807) is 29.2 Å². The number of carbonyl (C=O) groups is 2. The van der Waals surface area contributed by atoms with Gasteiger partial charge in [0.1, 0.15) is 13.3 Å². The second kappa shape index (κ2) is 13.8. The molecule has 5 rings (SSSR count). The molecule has 0 spiro atoms. The van der Waals surface area contributed by atoms with E-state index in [2.05, 4.69) is 5.32 Å². The summed E-state index contributed by atoms with van der Waals surface area (Å²) in [6.45, 7) is -1.92. The zero-order chi connectivity index (χ0) is 32.2. The van der Waals surface area contributed by atoms with Gasteiger partial charge >= 0.3 is 5.69 Å². The Morgan fingerprint density at radius 2 is 1.69 bits per heavy atom. The number of amides is 2. The first kappa shape index (κ1) is 32.1. The number of likely N-dealkylation sites (tertiary alicyclic amines) is 1. The third-order valence-corrected chi connectivity index (χ3v) is 8.35. The van der Waals surface area contributed by atoms with E-state index in [9.17, 15) is 28.0 Å². The van der Waals surface area contributed by atoms with Gasteiger partial charge in [-0.2, -0.15) is 0 Å². The van der Waals surface area contributed by atoms with Crippen LogP contribution in [0.2, 0.25) is 10.0 Å². The van der Waals surface area contributed by atoms with Crippen LogP contribution in [0, 0.1) is 5.82 Å². The van der Waals surface area contributed by atoms with Crippen molar-refractivity contribution in [2.75, 3.05) is 31.8 Å². The molecule has 1 aromatic heterocycles. The molecule has 2 amide bonds. The fourth-order valence-corrected chi connectivity index (χ4v) is 5.51. The summed E-state index contributed by atoms with van der Waals surface area (Å²) in [7, 11) is 0. The summed E-state index contributed by atoms with van der Waals surface area (Å²) < 4.78 is 48.9. The van der Waals surface area contributed by atoms with Crippen LogP contribution >= 0.6 is 23.2 Å². The average molecular weight is 663 g/mol. The van der Waals surface area contributed by atoms with Gasteiger partial charge in [0.15, 0.2) is 17.7 Å². The van der Waals surface area contributed by atoms with E-state index in [4.69, 9.17) is 27.9 Å². The van der Waals surface area contributed by atoms with Crippen molar-refractivity contribution in [1.82, 2.24) is 14.0 Å². The Bertz CT molecular complexity index is 1850. The minimum absolute atomic E-state index is 0.00187. The van der Waals surface area contributed by atoms with Gasteiger partial charge in [-0.05, 0) is 54.8 Å². The van der Waals surface area contributed by atoms with Gasteiger partial charge in [-0.15, -0.1) is 0 Å². The van der Waals surface area contributed by atoms with Gasteiger partial charge in [0.05, 0.1) is 27.5 Å². The standard InChI is InChI=1S/C31H27Cl2F3N4O5/c32-24-6-5-20(11-25(24)33)37-29(42)19-3-1-18(2-4-19)16-39-30(43)23-12-28(45-22(14-34)15-35)26(36)13-27(23)40(31(39)44)21-7-9-38(17-41)10-8-21/h1-6,11-13,17,21-22H,7-10,14-16H2,(H,37,42). The van der Waals surface area contributed by atoms with Crippen molar-refractivity contribution < 1.29 is 27.5 Å². The van der Waals surface area contributed by atoms with Gasteiger partial charge in [0.25, 0.3) is 11.5 Å². The van der Waals surface area contributed by atoms with Gasteiger partial charge < -0.3 is 15.0 Å². The number of ether oxygens (including phenoxy) is 1. The van der Waals surface area contributed by atoms with E-state index < -0.39 is 54.2 Å². The normalized spacial score (nSPS) is 13.8. The van der Waals surface area contributed by atoms with Crippen molar-refractivity contribution in [3.8, 4) is 5.75 Å². The number of piperidine rings is 1. The van der Waals surface area contributed by atoms with E-state index in [-0.39, 0.29) is 22.5 Å². The molecule has 0 bridgehead atoms. The van der Waals surface area contributed by atoms with Crippen molar-refractivity contribution in [2.24, 2.45) is 0 Å². The maximum atomic E-state index is 15.1. The van der Waals surface area contributed by atoms with Crippen molar-refractivity contribution in [3.05, 3.63) is 102 Å². The molecular formula is C31H27Cl2F3N4O5. The van der Waals surface area contributed by atoms with Crippen LogP contribution in [0.15, 0.2) is 64.2 Å². The molecule has 1 aliphatic heterocycles. The average Bonchev–Trinajstić information content (AvgIpc) is 3.04. The molecule has 0 radical (unpaired) electrons. The lowest BCUT2D eigenvalue weighted by molar-refractivity contribution is -0.119. The second-order valence-corrected chi connectivity index (χ2v) is 11.4. The Labute approximate surface area is 264 Å². The number of alkyl halides is 2. The zero-order valence-electron chi connectivity index (χ0n) is 23.7. The maximum Gasteiger partial charge on any atom is 0.332 e. The Morgan fingerprint density at radius 1 is 1.00 bits per heavy atom. The lowest BCUT2D eigenvalue weighted by atomic mass is 10.0. The molecule has 45 heavy (non-hydrogen) atoms. The third-order valence-electron chi connectivity index (χ3n) is 7.61. The van der Waals surface area contributed by atoms with Gasteiger partial charge in [-0.25, -0.2) is 18.0 Å². The molecule has 236 valence electrons. The largest absolute Gasteiger partial charge is 0.482 e. The number of anilines is 1. The van der Waals surface area contributed by atoms with Crippen molar-refractivity contribution >= 4 is 52.1 Å². The van der Waals surface area contributed by atoms with Gasteiger partial charge in [0.2, 0.25) is 6.41 Å². The summed E-state index contributed by atoms with van der Waals surface area (Å²) in [6.07, 6.45) is -0.104. The molecule has 9 nitrogen and oxygen atoms in total. The van der Waals surface area contributed by atoms with Crippen LogP contribution in [0.1, 0.15) is 34.8 Å². The topological polar surface area (TPSA) is 103 Å². The van der Waals surface area contributed by atoms with Crippen molar-refractivity contribution in [2.45, 2.75) is 31.5 Å². The van der Waals surface area contributed by atoms with Gasteiger partial charge in [-0.1, -0.05) is 35.3 Å².